The van der Waals surface area contributed by atoms with E-state index >= 15 is 0 Å². The van der Waals surface area contributed by atoms with Crippen LogP contribution < -0.4 is 0 Å². The lowest BCUT2D eigenvalue weighted by molar-refractivity contribution is 0.282. The van der Waals surface area contributed by atoms with Crippen LogP contribution in [0.2, 0.25) is 0 Å². The minimum absolute atomic E-state index is 0.339. The van der Waals surface area contributed by atoms with Gasteiger partial charge in [-0.2, -0.15) is 0 Å². The summed E-state index contributed by atoms with van der Waals surface area (Å²) in [7, 11) is 0. The zero-order valence-corrected chi connectivity index (χ0v) is 14.0. The summed E-state index contributed by atoms with van der Waals surface area (Å²) in [5, 5.41) is 8.72. The zero-order valence-electron chi connectivity index (χ0n) is 14.0. The van der Waals surface area contributed by atoms with Gasteiger partial charge in [0.05, 0.1) is 0 Å². The lowest BCUT2D eigenvalue weighted by atomic mass is 10.0. The molecular formula is C22H28O. The number of rotatable bonds is 10. The normalized spacial score (nSPS) is 11.2. The van der Waals surface area contributed by atoms with Gasteiger partial charge in [0.15, 0.2) is 0 Å². The molecule has 1 nitrogen and oxygen atoms in total. The maximum Gasteiger partial charge on any atom is 0.0431 e. The molecule has 0 heterocycles. The van der Waals surface area contributed by atoms with Gasteiger partial charge in [0.1, 0.15) is 0 Å². The number of aliphatic hydroxyl groups is 1. The highest BCUT2D eigenvalue weighted by molar-refractivity contribution is 5.65. The average molecular weight is 308 g/mol. The van der Waals surface area contributed by atoms with E-state index in [0.29, 0.717) is 6.61 Å². The number of hydrogen-bond acceptors (Lipinski definition) is 1. The van der Waals surface area contributed by atoms with E-state index in [-0.39, 0.29) is 0 Å². The van der Waals surface area contributed by atoms with Crippen LogP contribution in [0.5, 0.6) is 0 Å². The largest absolute Gasteiger partial charge is 0.396 e. The van der Waals surface area contributed by atoms with Crippen LogP contribution in [-0.2, 0) is 0 Å². The highest BCUT2D eigenvalue weighted by atomic mass is 16.2. The Bertz CT molecular complexity index is 554. The van der Waals surface area contributed by atoms with Gasteiger partial charge in [0.25, 0.3) is 0 Å². The first-order valence-corrected chi connectivity index (χ1v) is 8.83. The summed E-state index contributed by atoms with van der Waals surface area (Å²) >= 11 is 0. The summed E-state index contributed by atoms with van der Waals surface area (Å²) in [6.07, 6.45) is 12.9. The maximum atomic E-state index is 8.72. The highest BCUT2D eigenvalue weighted by Crippen LogP contribution is 2.19. The molecule has 0 unspecified atom stereocenters. The molecule has 0 aliphatic rings. The van der Waals surface area contributed by atoms with E-state index < -0.39 is 0 Å². The Morgan fingerprint density at radius 3 is 1.96 bits per heavy atom. The molecule has 2 aromatic rings. The smallest absolute Gasteiger partial charge is 0.0431 e. The van der Waals surface area contributed by atoms with Gasteiger partial charge in [-0.1, -0.05) is 92.4 Å². The summed E-state index contributed by atoms with van der Waals surface area (Å²) in [6.45, 7) is 0.339. The molecule has 1 heteroatoms. The van der Waals surface area contributed by atoms with Gasteiger partial charge in [-0.25, -0.2) is 0 Å². The molecular weight excluding hydrogens is 280 g/mol. The van der Waals surface area contributed by atoms with E-state index in [1.54, 1.807) is 0 Å². The SMILES string of the molecule is OCCCCCCCC/C=C/c1ccc(-c2ccccc2)cc1. The molecule has 2 rings (SSSR count). The van der Waals surface area contributed by atoms with Crippen molar-refractivity contribution in [3.05, 3.63) is 66.2 Å². The third-order valence-electron chi connectivity index (χ3n) is 4.11. The molecule has 0 aliphatic heterocycles. The van der Waals surface area contributed by atoms with Crippen molar-refractivity contribution in [2.24, 2.45) is 0 Å². The Labute approximate surface area is 140 Å². The van der Waals surface area contributed by atoms with Crippen LogP contribution in [0.1, 0.15) is 50.5 Å². The molecule has 0 aromatic heterocycles. The molecule has 0 fully saturated rings. The third-order valence-corrected chi connectivity index (χ3v) is 4.11. The second-order valence-electron chi connectivity index (χ2n) is 6.02. The van der Waals surface area contributed by atoms with Crippen molar-refractivity contribution >= 4 is 6.08 Å². The van der Waals surface area contributed by atoms with E-state index in [2.05, 4.69) is 60.7 Å². The van der Waals surface area contributed by atoms with E-state index in [0.717, 1.165) is 12.8 Å². The van der Waals surface area contributed by atoms with Crippen molar-refractivity contribution in [2.75, 3.05) is 6.61 Å². The fraction of sp³-hybridized carbons (Fsp3) is 0.364. The molecule has 0 radical (unpaired) electrons. The number of unbranched alkanes of at least 4 members (excludes halogenated alkanes) is 6. The number of aliphatic hydroxyl groups excluding tert-OH is 1. The van der Waals surface area contributed by atoms with Crippen LogP contribution in [0.15, 0.2) is 60.7 Å². The van der Waals surface area contributed by atoms with Crippen LogP contribution in [0, 0.1) is 0 Å². The maximum absolute atomic E-state index is 8.72. The van der Waals surface area contributed by atoms with E-state index in [4.69, 9.17) is 5.11 Å². The Hall–Kier alpha value is -1.86. The zero-order chi connectivity index (χ0) is 16.2. The van der Waals surface area contributed by atoms with Gasteiger partial charge in [0.2, 0.25) is 0 Å². The molecule has 0 saturated carbocycles. The summed E-state index contributed by atoms with van der Waals surface area (Å²) in [6, 6.07) is 19.2. The predicted octanol–water partition coefficient (Wildman–Crippen LogP) is 6.09. The Kier molecular flexibility index (Phi) is 8.21. The van der Waals surface area contributed by atoms with Crippen LogP contribution in [0.4, 0.5) is 0 Å². The molecule has 1 N–H and O–H groups in total. The Morgan fingerprint density at radius 1 is 0.652 bits per heavy atom. The first-order valence-electron chi connectivity index (χ1n) is 8.83. The van der Waals surface area contributed by atoms with Crippen molar-refractivity contribution in [3.8, 4) is 11.1 Å². The number of allylic oxidation sites excluding steroid dienone is 1. The second kappa shape index (κ2) is 10.8. The fourth-order valence-corrected chi connectivity index (χ4v) is 2.72. The molecule has 2 aromatic carbocycles. The predicted molar refractivity (Wildman–Crippen MR) is 100 cm³/mol. The Balaban J connectivity index is 1.67. The standard InChI is InChI=1S/C22H28O/c23-19-11-6-4-2-1-3-5-8-12-20-15-17-22(18-16-20)21-13-9-7-10-14-21/h7-10,12-18,23H,1-6,11,19H2/b12-8+. The highest BCUT2D eigenvalue weighted by Gasteiger charge is 1.95. The van der Waals surface area contributed by atoms with Crippen LogP contribution >= 0.6 is 0 Å². The van der Waals surface area contributed by atoms with Gasteiger partial charge in [-0.3, -0.25) is 0 Å². The monoisotopic (exact) mass is 308 g/mol. The first-order chi connectivity index (χ1) is 11.4. The third kappa shape index (κ3) is 6.83. The molecule has 0 amide bonds. The van der Waals surface area contributed by atoms with Gasteiger partial charge < -0.3 is 5.11 Å². The van der Waals surface area contributed by atoms with Gasteiger partial charge in [-0.05, 0) is 36.0 Å². The van der Waals surface area contributed by atoms with E-state index in [9.17, 15) is 0 Å². The molecule has 0 saturated heterocycles. The second-order valence-corrected chi connectivity index (χ2v) is 6.02. The summed E-state index contributed by atoms with van der Waals surface area (Å²) in [4.78, 5) is 0. The lowest BCUT2D eigenvalue weighted by Crippen LogP contribution is -1.83. The quantitative estimate of drug-likeness (QED) is 0.526. The molecule has 122 valence electrons. The van der Waals surface area contributed by atoms with Crippen LogP contribution in [-0.4, -0.2) is 11.7 Å². The topological polar surface area (TPSA) is 20.2 Å². The van der Waals surface area contributed by atoms with E-state index in [1.807, 2.05) is 6.07 Å². The number of hydrogen-bond donors (Lipinski definition) is 1. The van der Waals surface area contributed by atoms with Gasteiger partial charge in [-0.15, -0.1) is 0 Å². The molecule has 0 aliphatic carbocycles. The molecule has 0 bridgehead atoms. The van der Waals surface area contributed by atoms with Gasteiger partial charge in [0, 0.05) is 6.61 Å². The van der Waals surface area contributed by atoms with Crippen molar-refractivity contribution in [3.63, 3.8) is 0 Å². The average Bonchev–Trinajstić information content (AvgIpc) is 2.62. The summed E-state index contributed by atoms with van der Waals surface area (Å²) in [5.41, 5.74) is 3.81. The van der Waals surface area contributed by atoms with Gasteiger partial charge >= 0.3 is 0 Å². The van der Waals surface area contributed by atoms with Crippen molar-refractivity contribution in [2.45, 2.75) is 44.9 Å². The first kappa shape index (κ1) is 17.5. The van der Waals surface area contributed by atoms with E-state index in [1.165, 1.54) is 48.8 Å². The molecule has 0 spiro atoms. The van der Waals surface area contributed by atoms with Crippen molar-refractivity contribution < 1.29 is 5.11 Å². The minimum atomic E-state index is 0.339. The van der Waals surface area contributed by atoms with Crippen LogP contribution in [0.3, 0.4) is 0 Å². The van der Waals surface area contributed by atoms with Crippen molar-refractivity contribution in [1.29, 1.82) is 0 Å². The summed E-state index contributed by atoms with van der Waals surface area (Å²) in [5.74, 6) is 0. The molecule has 23 heavy (non-hydrogen) atoms. The Morgan fingerprint density at radius 2 is 1.26 bits per heavy atom. The van der Waals surface area contributed by atoms with Crippen LogP contribution in [0.25, 0.3) is 17.2 Å². The lowest BCUT2D eigenvalue weighted by Gasteiger charge is -2.02. The molecule has 0 atom stereocenters. The number of benzene rings is 2. The fourth-order valence-electron chi connectivity index (χ4n) is 2.72. The van der Waals surface area contributed by atoms with Crippen molar-refractivity contribution in [1.82, 2.24) is 0 Å². The minimum Gasteiger partial charge on any atom is -0.396 e. The summed E-state index contributed by atoms with van der Waals surface area (Å²) < 4.78 is 0.